The van der Waals surface area contributed by atoms with E-state index in [0.29, 0.717) is 25.7 Å². The summed E-state index contributed by atoms with van der Waals surface area (Å²) in [6.45, 7) is 2.04. The van der Waals surface area contributed by atoms with E-state index in [0.717, 1.165) is 30.3 Å². The van der Waals surface area contributed by atoms with Crippen molar-refractivity contribution in [1.82, 2.24) is 0 Å². The number of fused-ring (bicyclic) bond motifs is 5. The van der Waals surface area contributed by atoms with Crippen LogP contribution < -0.4 is 5.63 Å². The number of aldehydes is 1. The summed E-state index contributed by atoms with van der Waals surface area (Å²) in [5.41, 5.74) is -0.956. The maximum Gasteiger partial charge on any atom is 0.335 e. The van der Waals surface area contributed by atoms with Gasteiger partial charge in [0.15, 0.2) is 0 Å². The number of carbonyl (C=O) groups is 1. The molecular weight excluding hydrogens is 384 g/mol. The Kier molecular flexibility index (Phi) is 4.45. The van der Waals surface area contributed by atoms with E-state index < -0.39 is 34.3 Å². The van der Waals surface area contributed by atoms with Gasteiger partial charge in [-0.05, 0) is 62.0 Å². The molecule has 0 amide bonds. The molecule has 3 N–H and O–H groups in total. The molecule has 3 saturated carbocycles. The number of hydrogen-bond acceptors (Lipinski definition) is 6. The Bertz CT molecular complexity index is 931. The van der Waals surface area contributed by atoms with E-state index in [-0.39, 0.29) is 24.2 Å². The van der Waals surface area contributed by atoms with Crippen LogP contribution in [0.5, 0.6) is 0 Å². The van der Waals surface area contributed by atoms with Gasteiger partial charge < -0.3 is 24.5 Å². The van der Waals surface area contributed by atoms with Crippen LogP contribution in [0.4, 0.5) is 0 Å². The number of aliphatic hydroxyl groups excluding tert-OH is 2. The van der Waals surface area contributed by atoms with Crippen LogP contribution in [0.25, 0.3) is 0 Å². The summed E-state index contributed by atoms with van der Waals surface area (Å²) < 4.78 is 5.07. The van der Waals surface area contributed by atoms with Crippen LogP contribution in [0.15, 0.2) is 39.3 Å². The van der Waals surface area contributed by atoms with Gasteiger partial charge in [0.2, 0.25) is 0 Å². The van der Waals surface area contributed by atoms with Gasteiger partial charge >= 0.3 is 5.63 Å². The van der Waals surface area contributed by atoms with Crippen LogP contribution >= 0.6 is 0 Å². The van der Waals surface area contributed by atoms with Crippen LogP contribution in [0.3, 0.4) is 0 Å². The van der Waals surface area contributed by atoms with Crippen molar-refractivity contribution in [3.63, 3.8) is 0 Å². The summed E-state index contributed by atoms with van der Waals surface area (Å²) in [6.07, 6.45) is 7.45. The van der Waals surface area contributed by atoms with E-state index in [1.54, 1.807) is 6.07 Å². The van der Waals surface area contributed by atoms with Crippen molar-refractivity contribution >= 4 is 6.29 Å². The van der Waals surface area contributed by atoms with E-state index in [1.165, 1.54) is 12.3 Å². The van der Waals surface area contributed by atoms with Gasteiger partial charge in [-0.15, -0.1) is 0 Å². The lowest BCUT2D eigenvalue weighted by Crippen LogP contribution is -2.61. The smallest absolute Gasteiger partial charge is 0.335 e. The van der Waals surface area contributed by atoms with Crippen LogP contribution in [-0.2, 0) is 4.79 Å². The fraction of sp³-hybridized carbons (Fsp3) is 0.667. The summed E-state index contributed by atoms with van der Waals surface area (Å²) in [7, 11) is 0. The highest BCUT2D eigenvalue weighted by Crippen LogP contribution is 2.69. The maximum absolute atomic E-state index is 12.4. The van der Waals surface area contributed by atoms with E-state index >= 15 is 0 Å². The Morgan fingerprint density at radius 3 is 2.63 bits per heavy atom. The van der Waals surface area contributed by atoms with Gasteiger partial charge in [-0.3, -0.25) is 0 Å². The minimum Gasteiger partial charge on any atom is -0.431 e. The molecule has 5 rings (SSSR count). The Morgan fingerprint density at radius 1 is 1.13 bits per heavy atom. The van der Waals surface area contributed by atoms with E-state index in [2.05, 4.69) is 0 Å². The summed E-state index contributed by atoms with van der Waals surface area (Å²) in [4.78, 5) is 23.9. The minimum atomic E-state index is -1.10. The molecule has 8 atom stereocenters. The van der Waals surface area contributed by atoms with Crippen molar-refractivity contribution in [3.05, 3.63) is 46.0 Å². The first-order chi connectivity index (χ1) is 14.2. The molecule has 0 aromatic carbocycles. The molecule has 3 fully saturated rings. The SMILES string of the molecule is C[C@]12CC[C@H]3[C@@H](CCC4=C[C@H](O)CC[C@@]43C=O)[C@@]1(O)C[C@H](O)[C@@H]2c1ccc(=O)oc1. The monoisotopic (exact) mass is 414 g/mol. The quantitative estimate of drug-likeness (QED) is 0.506. The highest BCUT2D eigenvalue weighted by atomic mass is 16.4. The van der Waals surface area contributed by atoms with Crippen molar-refractivity contribution in [2.75, 3.05) is 0 Å². The molecule has 0 unspecified atom stereocenters. The number of rotatable bonds is 2. The second kappa shape index (κ2) is 6.62. The third-order valence-corrected chi connectivity index (χ3v) is 9.18. The zero-order valence-corrected chi connectivity index (χ0v) is 17.3. The zero-order chi connectivity index (χ0) is 21.3. The number of carbonyl (C=O) groups excluding carboxylic acids is 1. The van der Waals surface area contributed by atoms with Gasteiger partial charge in [0.25, 0.3) is 0 Å². The molecule has 4 aliphatic rings. The van der Waals surface area contributed by atoms with Gasteiger partial charge in [-0.2, -0.15) is 0 Å². The maximum atomic E-state index is 12.4. The van der Waals surface area contributed by atoms with Gasteiger partial charge in [0, 0.05) is 23.8 Å². The average molecular weight is 414 g/mol. The predicted molar refractivity (Wildman–Crippen MR) is 109 cm³/mol. The van der Waals surface area contributed by atoms with Crippen LogP contribution in [-0.4, -0.2) is 39.4 Å². The molecule has 4 aliphatic carbocycles. The summed E-state index contributed by atoms with van der Waals surface area (Å²) in [5.74, 6) is -0.408. The highest BCUT2D eigenvalue weighted by molar-refractivity contribution is 5.67. The Labute approximate surface area is 175 Å². The fourth-order valence-electron chi connectivity index (χ4n) is 7.78. The van der Waals surface area contributed by atoms with E-state index in [4.69, 9.17) is 4.42 Å². The molecule has 1 aromatic heterocycles. The average Bonchev–Trinajstić information content (AvgIpc) is 2.93. The second-order valence-corrected chi connectivity index (χ2v) is 10.2. The van der Waals surface area contributed by atoms with Gasteiger partial charge in [0.05, 0.1) is 29.5 Å². The molecule has 30 heavy (non-hydrogen) atoms. The number of allylic oxidation sites excluding steroid dienone is 1. The second-order valence-electron chi connectivity index (χ2n) is 10.2. The molecule has 0 radical (unpaired) electrons. The molecule has 162 valence electrons. The lowest BCUT2D eigenvalue weighted by Gasteiger charge is -2.61. The van der Waals surface area contributed by atoms with Crippen molar-refractivity contribution in [1.29, 1.82) is 0 Å². The Hall–Kier alpha value is -1.76. The lowest BCUT2D eigenvalue weighted by molar-refractivity contribution is -0.180. The highest BCUT2D eigenvalue weighted by Gasteiger charge is 2.69. The lowest BCUT2D eigenvalue weighted by atomic mass is 9.45. The summed E-state index contributed by atoms with van der Waals surface area (Å²) >= 11 is 0. The molecule has 1 heterocycles. The Morgan fingerprint density at radius 2 is 1.93 bits per heavy atom. The standard InChI is InChI=1S/C24H30O6/c1-22-8-7-17-18(4-3-15-10-16(26)6-9-23(15,17)13-25)24(22,29)11-19(27)21(22)14-2-5-20(28)30-12-14/h2,5,10,12-13,16-19,21,26-27,29H,3-4,6-9,11H2,1H3/t16-,17+,18-,19+,21+,22-,23-,24+/m1/s1. The van der Waals surface area contributed by atoms with Crippen LogP contribution in [0.2, 0.25) is 0 Å². The normalized spacial score (nSPS) is 47.6. The first kappa shape index (κ1) is 20.2. The first-order valence-electron chi connectivity index (χ1n) is 11.1. The zero-order valence-electron chi connectivity index (χ0n) is 17.3. The molecule has 0 spiro atoms. The van der Waals surface area contributed by atoms with Gasteiger partial charge in [-0.1, -0.05) is 18.6 Å². The first-order valence-corrected chi connectivity index (χ1v) is 11.1. The number of hydrogen-bond donors (Lipinski definition) is 3. The molecule has 6 heteroatoms. The van der Waals surface area contributed by atoms with E-state index in [1.807, 2.05) is 13.0 Å². The van der Waals surface area contributed by atoms with Crippen LogP contribution in [0.1, 0.15) is 63.4 Å². The van der Waals surface area contributed by atoms with Crippen molar-refractivity contribution < 1.29 is 24.5 Å². The number of aliphatic hydroxyl groups is 3. The van der Waals surface area contributed by atoms with Crippen molar-refractivity contribution in [2.24, 2.45) is 22.7 Å². The largest absolute Gasteiger partial charge is 0.431 e. The molecule has 0 aliphatic heterocycles. The Balaban J connectivity index is 1.56. The van der Waals surface area contributed by atoms with Crippen molar-refractivity contribution in [3.8, 4) is 0 Å². The molecule has 0 bridgehead atoms. The summed E-state index contributed by atoms with van der Waals surface area (Å²) in [5, 5.41) is 33.3. The van der Waals surface area contributed by atoms with Crippen LogP contribution in [0, 0.1) is 22.7 Å². The topological polar surface area (TPSA) is 108 Å². The molecule has 1 aromatic rings. The van der Waals surface area contributed by atoms with E-state index in [9.17, 15) is 24.9 Å². The third-order valence-electron chi connectivity index (χ3n) is 9.18. The minimum absolute atomic E-state index is 0.0141. The van der Waals surface area contributed by atoms with Gasteiger partial charge in [-0.25, -0.2) is 4.79 Å². The van der Waals surface area contributed by atoms with Crippen molar-refractivity contribution in [2.45, 2.75) is 75.6 Å². The predicted octanol–water partition coefficient (Wildman–Crippen LogP) is 2.31. The molecule has 0 saturated heterocycles. The van der Waals surface area contributed by atoms with Gasteiger partial charge in [0.1, 0.15) is 6.29 Å². The summed E-state index contributed by atoms with van der Waals surface area (Å²) in [6, 6.07) is 3.06. The molecule has 6 nitrogen and oxygen atoms in total. The third kappa shape index (κ3) is 2.47. The molecular formula is C24H30O6. The fourth-order valence-corrected chi connectivity index (χ4v) is 7.78.